The molecule has 128 valence electrons. The minimum atomic E-state index is 0.0401. The van der Waals surface area contributed by atoms with Crippen molar-refractivity contribution in [2.75, 3.05) is 38.2 Å². The lowest BCUT2D eigenvalue weighted by atomic mass is 10.1. The Labute approximate surface area is 138 Å². The zero-order valence-electron chi connectivity index (χ0n) is 14.2. The number of rotatable bonds is 7. The highest BCUT2D eigenvalue weighted by atomic mass is 16.5. The summed E-state index contributed by atoms with van der Waals surface area (Å²) in [6.45, 7) is 7.06. The Balaban J connectivity index is 1.73. The van der Waals surface area contributed by atoms with E-state index in [1.807, 2.05) is 32.0 Å². The van der Waals surface area contributed by atoms with E-state index in [0.717, 1.165) is 37.2 Å². The first-order valence-electron chi connectivity index (χ1n) is 8.41. The van der Waals surface area contributed by atoms with Gasteiger partial charge in [0.2, 0.25) is 5.91 Å². The van der Waals surface area contributed by atoms with Gasteiger partial charge in [0.05, 0.1) is 12.6 Å². The van der Waals surface area contributed by atoms with Gasteiger partial charge in [-0.05, 0) is 50.3 Å². The fourth-order valence-electron chi connectivity index (χ4n) is 2.83. The molecule has 1 heterocycles. The number of carbonyl (C=O) groups is 1. The molecule has 0 saturated carbocycles. The van der Waals surface area contributed by atoms with E-state index in [1.165, 1.54) is 5.56 Å². The first-order valence-corrected chi connectivity index (χ1v) is 8.41. The molecule has 0 radical (unpaired) electrons. The Hall–Kier alpha value is -1.43. The quantitative estimate of drug-likeness (QED) is 0.755. The summed E-state index contributed by atoms with van der Waals surface area (Å²) in [7, 11) is 0. The van der Waals surface area contributed by atoms with E-state index >= 15 is 0 Å². The third-order valence-corrected chi connectivity index (χ3v) is 4.44. The molecule has 1 aromatic rings. The maximum absolute atomic E-state index is 12.2. The largest absolute Gasteiger partial charge is 0.396 e. The molecule has 5 nitrogen and oxygen atoms in total. The number of aliphatic hydroxyl groups is 1. The molecule has 23 heavy (non-hydrogen) atoms. The van der Waals surface area contributed by atoms with E-state index in [1.54, 1.807) is 0 Å². The maximum atomic E-state index is 12.2. The van der Waals surface area contributed by atoms with E-state index in [2.05, 4.69) is 10.2 Å². The Bertz CT molecular complexity index is 511. The number of aliphatic hydroxyl groups excluding tert-OH is 1. The molecule has 0 atom stereocenters. The van der Waals surface area contributed by atoms with Crippen molar-refractivity contribution in [3.8, 4) is 0 Å². The summed E-state index contributed by atoms with van der Waals surface area (Å²) in [5, 5.41) is 11.8. The lowest BCUT2D eigenvalue weighted by molar-refractivity contribution is -0.118. The topological polar surface area (TPSA) is 61.8 Å². The highest BCUT2D eigenvalue weighted by molar-refractivity contribution is 5.93. The molecule has 2 N–H and O–H groups in total. The van der Waals surface area contributed by atoms with Crippen molar-refractivity contribution in [2.24, 2.45) is 0 Å². The van der Waals surface area contributed by atoms with Crippen LogP contribution in [-0.4, -0.2) is 54.9 Å². The zero-order valence-corrected chi connectivity index (χ0v) is 14.2. The van der Waals surface area contributed by atoms with Gasteiger partial charge < -0.3 is 15.2 Å². The molecule has 2 rings (SSSR count). The first kappa shape index (κ1) is 17.9. The van der Waals surface area contributed by atoms with Crippen LogP contribution in [0.1, 0.15) is 30.4 Å². The first-order chi connectivity index (χ1) is 11.1. The smallest absolute Gasteiger partial charge is 0.238 e. The molecule has 1 aromatic carbocycles. The Morgan fingerprint density at radius 2 is 2.09 bits per heavy atom. The monoisotopic (exact) mass is 320 g/mol. The highest BCUT2D eigenvalue weighted by Crippen LogP contribution is 2.18. The van der Waals surface area contributed by atoms with E-state index in [0.29, 0.717) is 19.6 Å². The highest BCUT2D eigenvalue weighted by Gasteiger charge is 2.21. The van der Waals surface area contributed by atoms with Gasteiger partial charge in [-0.25, -0.2) is 0 Å². The number of nitrogens with zero attached hydrogens (tertiary/aromatic N) is 1. The van der Waals surface area contributed by atoms with Crippen molar-refractivity contribution in [2.45, 2.75) is 39.2 Å². The van der Waals surface area contributed by atoms with Gasteiger partial charge in [-0.2, -0.15) is 0 Å². The van der Waals surface area contributed by atoms with E-state index < -0.39 is 0 Å². The summed E-state index contributed by atoms with van der Waals surface area (Å²) in [4.78, 5) is 14.4. The summed E-state index contributed by atoms with van der Waals surface area (Å²) < 4.78 is 5.71. The van der Waals surface area contributed by atoms with Gasteiger partial charge in [0.15, 0.2) is 0 Å². The molecule has 0 aliphatic carbocycles. The average molecular weight is 320 g/mol. The van der Waals surface area contributed by atoms with Crippen LogP contribution in [-0.2, 0) is 9.53 Å². The summed E-state index contributed by atoms with van der Waals surface area (Å²) in [6, 6.07) is 5.96. The van der Waals surface area contributed by atoms with Gasteiger partial charge in [0.25, 0.3) is 0 Å². The summed E-state index contributed by atoms with van der Waals surface area (Å²) in [6.07, 6.45) is 2.85. The molecule has 0 spiro atoms. The molecule has 1 amide bonds. The predicted octanol–water partition coefficient (Wildman–Crippen LogP) is 2.11. The number of amides is 1. The van der Waals surface area contributed by atoms with Crippen LogP contribution in [0.3, 0.4) is 0 Å². The number of hydrogen-bond donors (Lipinski definition) is 2. The molecule has 0 unspecified atom stereocenters. The molecule has 0 bridgehead atoms. The Morgan fingerprint density at radius 3 is 2.78 bits per heavy atom. The SMILES string of the molecule is Cc1cccc(NC(=O)CN2CCC(OCCCO)CC2)c1C. The third kappa shape index (κ3) is 5.61. The zero-order chi connectivity index (χ0) is 16.7. The number of carbonyl (C=O) groups excluding carboxylic acids is 1. The number of likely N-dealkylation sites (tertiary alicyclic amines) is 1. The van der Waals surface area contributed by atoms with Crippen LogP contribution < -0.4 is 5.32 Å². The second-order valence-corrected chi connectivity index (χ2v) is 6.22. The van der Waals surface area contributed by atoms with Gasteiger partial charge in [-0.15, -0.1) is 0 Å². The average Bonchev–Trinajstić information content (AvgIpc) is 2.54. The van der Waals surface area contributed by atoms with Crippen LogP contribution >= 0.6 is 0 Å². The van der Waals surface area contributed by atoms with Crippen LogP contribution in [0.2, 0.25) is 0 Å². The molecule has 0 aromatic heterocycles. The second kappa shape index (κ2) is 9.01. The van der Waals surface area contributed by atoms with Gasteiger partial charge in [0.1, 0.15) is 0 Å². The number of hydrogen-bond acceptors (Lipinski definition) is 4. The summed E-state index contributed by atoms with van der Waals surface area (Å²) in [5.74, 6) is 0.0401. The van der Waals surface area contributed by atoms with E-state index in [4.69, 9.17) is 9.84 Å². The van der Waals surface area contributed by atoms with Crippen molar-refractivity contribution in [1.29, 1.82) is 0 Å². The molecule has 1 aliphatic heterocycles. The number of nitrogens with one attached hydrogen (secondary N) is 1. The number of benzene rings is 1. The van der Waals surface area contributed by atoms with Crippen molar-refractivity contribution < 1.29 is 14.6 Å². The van der Waals surface area contributed by atoms with Crippen LogP contribution in [0.15, 0.2) is 18.2 Å². The molecule has 1 fully saturated rings. The molecular weight excluding hydrogens is 292 g/mol. The fourth-order valence-corrected chi connectivity index (χ4v) is 2.83. The molecule has 1 saturated heterocycles. The lowest BCUT2D eigenvalue weighted by Crippen LogP contribution is -2.41. The molecule has 5 heteroatoms. The van der Waals surface area contributed by atoms with Gasteiger partial charge in [0, 0.05) is 32.0 Å². The van der Waals surface area contributed by atoms with Crippen molar-refractivity contribution in [1.82, 2.24) is 4.90 Å². The summed E-state index contributed by atoms with van der Waals surface area (Å²) >= 11 is 0. The van der Waals surface area contributed by atoms with Gasteiger partial charge in [-0.3, -0.25) is 9.69 Å². The van der Waals surface area contributed by atoms with Crippen molar-refractivity contribution in [3.05, 3.63) is 29.3 Å². The van der Waals surface area contributed by atoms with E-state index in [9.17, 15) is 4.79 Å². The summed E-state index contributed by atoms with van der Waals surface area (Å²) in [5.41, 5.74) is 3.21. The Morgan fingerprint density at radius 1 is 1.35 bits per heavy atom. The van der Waals surface area contributed by atoms with Crippen LogP contribution in [0.4, 0.5) is 5.69 Å². The Kier molecular flexibility index (Phi) is 7.02. The molecular formula is C18H28N2O3. The van der Waals surface area contributed by atoms with Gasteiger partial charge >= 0.3 is 0 Å². The van der Waals surface area contributed by atoms with Crippen molar-refractivity contribution >= 4 is 11.6 Å². The number of aryl methyl sites for hydroxylation is 1. The normalized spacial score (nSPS) is 16.5. The minimum Gasteiger partial charge on any atom is -0.396 e. The predicted molar refractivity (Wildman–Crippen MR) is 91.7 cm³/mol. The van der Waals surface area contributed by atoms with Crippen LogP contribution in [0.25, 0.3) is 0 Å². The third-order valence-electron chi connectivity index (χ3n) is 4.44. The lowest BCUT2D eigenvalue weighted by Gasteiger charge is -2.31. The van der Waals surface area contributed by atoms with E-state index in [-0.39, 0.29) is 18.6 Å². The number of ether oxygens (including phenoxy) is 1. The van der Waals surface area contributed by atoms with Crippen LogP contribution in [0.5, 0.6) is 0 Å². The molecule has 1 aliphatic rings. The number of piperidine rings is 1. The maximum Gasteiger partial charge on any atom is 0.238 e. The van der Waals surface area contributed by atoms with Crippen LogP contribution in [0, 0.1) is 13.8 Å². The fraction of sp³-hybridized carbons (Fsp3) is 0.611. The number of anilines is 1. The van der Waals surface area contributed by atoms with Crippen molar-refractivity contribution in [3.63, 3.8) is 0 Å². The standard InChI is InChI=1S/C18H28N2O3/c1-14-5-3-6-17(15(14)2)19-18(22)13-20-9-7-16(8-10-20)23-12-4-11-21/h3,5-6,16,21H,4,7-13H2,1-2H3,(H,19,22). The second-order valence-electron chi connectivity index (χ2n) is 6.22. The van der Waals surface area contributed by atoms with Gasteiger partial charge in [-0.1, -0.05) is 12.1 Å². The minimum absolute atomic E-state index is 0.0401.